The van der Waals surface area contributed by atoms with Crippen LogP contribution in [0.1, 0.15) is 13.3 Å². The summed E-state index contributed by atoms with van der Waals surface area (Å²) in [6.45, 7) is 2.96. The summed E-state index contributed by atoms with van der Waals surface area (Å²) in [6, 6.07) is 0. The summed E-state index contributed by atoms with van der Waals surface area (Å²) in [7, 11) is 1.50. The van der Waals surface area contributed by atoms with Crippen molar-refractivity contribution in [1.82, 2.24) is 36.0 Å². The molecule has 0 heterocycles. The summed E-state index contributed by atoms with van der Waals surface area (Å²) in [4.78, 5) is 65.2. The van der Waals surface area contributed by atoms with Gasteiger partial charge in [0, 0.05) is 39.6 Å². The summed E-state index contributed by atoms with van der Waals surface area (Å²) in [5.74, 6) is -1.25. The number of hydrogen-bond acceptors (Lipinski definition) is 11. The van der Waals surface area contributed by atoms with Gasteiger partial charge in [0.2, 0.25) is 23.6 Å². The largest absolute Gasteiger partial charge is 0.358 e. The van der Waals surface area contributed by atoms with Gasteiger partial charge >= 0.3 is 0 Å². The minimum absolute atomic E-state index is 0.00453. The third kappa shape index (κ3) is 16.6. The summed E-state index contributed by atoms with van der Waals surface area (Å²) in [5.41, 5.74) is 16.1. The zero-order valence-electron chi connectivity index (χ0n) is 20.8. The van der Waals surface area contributed by atoms with E-state index >= 15 is 0 Å². The highest BCUT2D eigenvalue weighted by atomic mass is 16.2. The number of likely N-dealkylation sites (N-methyl/N-ethyl adjacent to an activating group) is 1. The second-order valence-electron chi connectivity index (χ2n) is 7.68. The first-order valence-electron chi connectivity index (χ1n) is 11.5. The Morgan fingerprint density at radius 3 is 1.29 bits per heavy atom. The molecular formula is C20H42N10O5. The van der Waals surface area contributed by atoms with E-state index in [1.165, 1.54) is 7.05 Å². The highest BCUT2D eigenvalue weighted by Crippen LogP contribution is 1.98. The van der Waals surface area contributed by atoms with E-state index in [0.29, 0.717) is 32.6 Å². The van der Waals surface area contributed by atoms with Crippen LogP contribution in [0, 0.1) is 0 Å². The Labute approximate surface area is 206 Å². The van der Waals surface area contributed by atoms with E-state index in [9.17, 15) is 24.0 Å². The summed E-state index contributed by atoms with van der Waals surface area (Å²) in [5, 5.41) is 10.0. The minimum atomic E-state index is -0.334. The summed E-state index contributed by atoms with van der Waals surface area (Å²) < 4.78 is 0. The molecule has 0 atom stereocenters. The summed E-state index contributed by atoms with van der Waals surface area (Å²) >= 11 is 0. The molecule has 0 saturated carbocycles. The van der Waals surface area contributed by atoms with Crippen molar-refractivity contribution in [3.63, 3.8) is 0 Å². The topological polar surface area (TPSA) is 221 Å². The van der Waals surface area contributed by atoms with E-state index in [0.717, 1.165) is 0 Å². The van der Waals surface area contributed by atoms with Crippen LogP contribution in [-0.4, -0.2) is 130 Å². The van der Waals surface area contributed by atoms with Crippen molar-refractivity contribution in [2.24, 2.45) is 17.2 Å². The Balaban J connectivity index is 5.33. The van der Waals surface area contributed by atoms with Crippen molar-refractivity contribution in [2.45, 2.75) is 13.3 Å². The molecule has 0 aromatic heterocycles. The number of Topliss-reactive ketones (excluding diaryl/α,β-unsaturated/α-hetero) is 1. The molecule has 4 amide bonds. The number of nitrogens with two attached hydrogens (primary N) is 3. The van der Waals surface area contributed by atoms with Crippen LogP contribution in [-0.2, 0) is 24.0 Å². The molecule has 0 spiro atoms. The molecule has 0 aromatic rings. The summed E-state index contributed by atoms with van der Waals surface area (Å²) in [6.07, 6.45) is 0.330. The highest BCUT2D eigenvalue weighted by molar-refractivity contribution is 5.82. The molecule has 15 nitrogen and oxygen atoms in total. The van der Waals surface area contributed by atoms with Gasteiger partial charge in [-0.05, 0) is 0 Å². The highest BCUT2D eigenvalue weighted by Gasteiger charge is 2.19. The Morgan fingerprint density at radius 2 is 0.914 bits per heavy atom. The van der Waals surface area contributed by atoms with Crippen LogP contribution in [0.2, 0.25) is 0 Å². The first-order chi connectivity index (χ1) is 16.7. The van der Waals surface area contributed by atoms with Crippen molar-refractivity contribution < 1.29 is 24.0 Å². The van der Waals surface area contributed by atoms with Gasteiger partial charge < -0.3 is 38.5 Å². The zero-order valence-corrected chi connectivity index (χ0v) is 20.8. The average Bonchev–Trinajstić information content (AvgIpc) is 2.80. The van der Waals surface area contributed by atoms with Crippen LogP contribution in [0.5, 0.6) is 0 Å². The van der Waals surface area contributed by atoms with Crippen LogP contribution in [0.25, 0.3) is 0 Å². The Kier molecular flexibility index (Phi) is 18.1. The van der Waals surface area contributed by atoms with Gasteiger partial charge in [-0.25, -0.2) is 0 Å². The van der Waals surface area contributed by atoms with E-state index in [1.807, 2.05) is 0 Å². The molecule has 0 aliphatic carbocycles. The minimum Gasteiger partial charge on any atom is -0.358 e. The molecule has 0 aliphatic heterocycles. The van der Waals surface area contributed by atoms with Gasteiger partial charge in [0.05, 0.1) is 52.7 Å². The smallest absolute Gasteiger partial charge is 0.235 e. The molecule has 0 saturated heterocycles. The van der Waals surface area contributed by atoms with Crippen molar-refractivity contribution >= 4 is 29.4 Å². The number of carbonyl (C=O) groups excluding carboxylic acids is 5. The molecule has 0 aromatic carbocycles. The fourth-order valence-corrected chi connectivity index (χ4v) is 3.03. The maximum atomic E-state index is 12.2. The van der Waals surface area contributed by atoms with Gasteiger partial charge in [-0.1, -0.05) is 6.92 Å². The zero-order chi connectivity index (χ0) is 26.6. The predicted octanol–water partition coefficient (Wildman–Crippen LogP) is -5.29. The standard InChI is InChI=1S/C20H42N10O5/c1-3-16(31)8-29(11-19(34)26-14-22)6-4-28(10-18(33)25-13-21)5-7-30(9-17(32)24-2)12-20(35)27-15-23/h3-15,21-23H2,1-2H3,(H,24,32)(H,25,33)(H,26,34)(H,27,35). The second kappa shape index (κ2) is 19.6. The lowest BCUT2D eigenvalue weighted by Crippen LogP contribution is -2.49. The molecule has 15 heteroatoms. The van der Waals surface area contributed by atoms with Crippen molar-refractivity contribution in [3.8, 4) is 0 Å². The van der Waals surface area contributed by atoms with Crippen molar-refractivity contribution in [1.29, 1.82) is 0 Å². The van der Waals surface area contributed by atoms with Crippen LogP contribution in [0.4, 0.5) is 0 Å². The number of nitrogens with one attached hydrogen (secondary N) is 4. The molecule has 35 heavy (non-hydrogen) atoms. The molecule has 0 bridgehead atoms. The predicted molar refractivity (Wildman–Crippen MR) is 130 cm³/mol. The molecule has 0 unspecified atom stereocenters. The van der Waals surface area contributed by atoms with E-state index in [2.05, 4.69) is 21.3 Å². The van der Waals surface area contributed by atoms with E-state index in [1.54, 1.807) is 21.6 Å². The Morgan fingerprint density at radius 1 is 0.571 bits per heavy atom. The van der Waals surface area contributed by atoms with E-state index in [4.69, 9.17) is 17.2 Å². The fourth-order valence-electron chi connectivity index (χ4n) is 3.03. The van der Waals surface area contributed by atoms with Gasteiger partial charge in [-0.2, -0.15) is 0 Å². The molecule has 202 valence electrons. The lowest BCUT2D eigenvalue weighted by Gasteiger charge is -2.29. The Bertz CT molecular complexity index is 633. The third-order valence-corrected chi connectivity index (χ3v) is 4.90. The van der Waals surface area contributed by atoms with Gasteiger partial charge in [0.25, 0.3) is 0 Å². The first-order valence-corrected chi connectivity index (χ1v) is 11.5. The van der Waals surface area contributed by atoms with Crippen molar-refractivity contribution in [2.75, 3.05) is 86.0 Å². The number of nitrogens with zero attached hydrogens (tertiary/aromatic N) is 3. The molecular weight excluding hydrogens is 460 g/mol. The average molecular weight is 503 g/mol. The number of hydrogen-bond donors (Lipinski definition) is 7. The van der Waals surface area contributed by atoms with E-state index < -0.39 is 0 Å². The van der Waals surface area contributed by atoms with Crippen LogP contribution < -0.4 is 38.5 Å². The Hall–Kier alpha value is -2.69. The van der Waals surface area contributed by atoms with Gasteiger partial charge in [-0.15, -0.1) is 0 Å². The maximum Gasteiger partial charge on any atom is 0.235 e. The van der Waals surface area contributed by atoms with Crippen LogP contribution >= 0.6 is 0 Å². The molecule has 10 N–H and O–H groups in total. The molecule has 0 aliphatic rings. The number of ketones is 1. The van der Waals surface area contributed by atoms with Crippen LogP contribution in [0.3, 0.4) is 0 Å². The quantitative estimate of drug-likeness (QED) is 0.0779. The lowest BCUT2D eigenvalue weighted by molar-refractivity contribution is -0.126. The monoisotopic (exact) mass is 502 g/mol. The molecule has 0 radical (unpaired) electrons. The lowest BCUT2D eigenvalue weighted by atomic mass is 10.2. The van der Waals surface area contributed by atoms with Crippen molar-refractivity contribution in [3.05, 3.63) is 0 Å². The van der Waals surface area contributed by atoms with Gasteiger partial charge in [0.1, 0.15) is 5.78 Å². The number of carbonyl (C=O) groups is 5. The SMILES string of the molecule is CCC(=O)CN(CCN(CCN(CC(=O)NC)CC(=O)NCN)CC(=O)NCN)CC(=O)NCN. The van der Waals surface area contributed by atoms with Gasteiger partial charge in [-0.3, -0.25) is 38.7 Å². The molecule has 0 fully saturated rings. The van der Waals surface area contributed by atoms with E-state index in [-0.39, 0.29) is 82.1 Å². The van der Waals surface area contributed by atoms with Gasteiger partial charge in [0.15, 0.2) is 0 Å². The third-order valence-electron chi connectivity index (χ3n) is 4.90. The normalized spacial score (nSPS) is 11.0. The number of amides is 4. The second-order valence-corrected chi connectivity index (χ2v) is 7.68. The maximum absolute atomic E-state index is 12.2. The fraction of sp³-hybridized carbons (Fsp3) is 0.750. The van der Waals surface area contributed by atoms with Crippen LogP contribution in [0.15, 0.2) is 0 Å². The molecule has 0 rings (SSSR count). The number of rotatable bonds is 20. The first kappa shape index (κ1) is 32.3.